The van der Waals surface area contributed by atoms with Crippen LogP contribution in [0.1, 0.15) is 31.2 Å². The molecule has 2 heterocycles. The van der Waals surface area contributed by atoms with Gasteiger partial charge in [-0.3, -0.25) is 14.6 Å². The normalized spacial score (nSPS) is 21.1. The summed E-state index contributed by atoms with van der Waals surface area (Å²) in [4.78, 5) is 32.2. The second-order valence-electron chi connectivity index (χ2n) is 8.54. The summed E-state index contributed by atoms with van der Waals surface area (Å²) in [6.07, 6.45) is 9.52. The smallest absolute Gasteiger partial charge is 0.228 e. The molecule has 0 spiro atoms. The Kier molecular flexibility index (Phi) is 5.98. The number of likely N-dealkylation sites (tertiary alicyclic amines) is 1. The Labute approximate surface area is 178 Å². The number of aromatic nitrogens is 1. The van der Waals surface area contributed by atoms with Crippen molar-refractivity contribution < 1.29 is 9.59 Å². The lowest BCUT2D eigenvalue weighted by atomic mass is 9.74. The average molecular weight is 404 g/mol. The summed E-state index contributed by atoms with van der Waals surface area (Å²) >= 11 is 0. The third kappa shape index (κ3) is 4.45. The van der Waals surface area contributed by atoms with E-state index in [9.17, 15) is 9.59 Å². The number of carbonyl (C=O) groups is 2. The standard InChI is InChI=1S/C25H29N3O2/c1-2-12-27-24(30)25(11-5-14-28(18-25)23(29)20-9-10-20)16-19-6-3-7-21(15-19)22-8-4-13-26-17-22/h2-4,6-8,13,15,17,20H,1,5,9-12,14,16,18H2,(H,27,30). The minimum absolute atomic E-state index is 0.0162. The number of piperidine rings is 1. The van der Waals surface area contributed by atoms with E-state index in [1.165, 1.54) is 0 Å². The Hall–Kier alpha value is -2.95. The fourth-order valence-corrected chi connectivity index (χ4v) is 4.46. The molecule has 156 valence electrons. The van der Waals surface area contributed by atoms with Crippen LogP contribution in [-0.2, 0) is 16.0 Å². The Morgan fingerprint density at radius 3 is 2.80 bits per heavy atom. The van der Waals surface area contributed by atoms with E-state index in [1.54, 1.807) is 12.3 Å². The molecule has 1 N–H and O–H groups in total. The third-order valence-corrected chi connectivity index (χ3v) is 6.17. The van der Waals surface area contributed by atoms with E-state index in [-0.39, 0.29) is 17.7 Å². The van der Waals surface area contributed by atoms with Gasteiger partial charge in [0.2, 0.25) is 11.8 Å². The highest BCUT2D eigenvalue weighted by Gasteiger charge is 2.45. The molecule has 30 heavy (non-hydrogen) atoms. The molecule has 2 aromatic rings. The van der Waals surface area contributed by atoms with Crippen LogP contribution in [0.25, 0.3) is 11.1 Å². The number of benzene rings is 1. The number of pyridine rings is 1. The molecule has 1 aliphatic carbocycles. The lowest BCUT2D eigenvalue weighted by molar-refractivity contribution is -0.142. The third-order valence-electron chi connectivity index (χ3n) is 6.17. The Morgan fingerprint density at radius 2 is 2.07 bits per heavy atom. The molecule has 1 unspecified atom stereocenters. The maximum atomic E-state index is 13.3. The lowest BCUT2D eigenvalue weighted by Crippen LogP contribution is -2.54. The van der Waals surface area contributed by atoms with E-state index >= 15 is 0 Å². The first-order valence-corrected chi connectivity index (χ1v) is 10.8. The molecule has 4 rings (SSSR count). The molecule has 0 radical (unpaired) electrons. The van der Waals surface area contributed by atoms with Crippen LogP contribution in [0.15, 0.2) is 61.4 Å². The van der Waals surface area contributed by atoms with Crippen molar-refractivity contribution in [2.24, 2.45) is 11.3 Å². The number of nitrogens with zero attached hydrogens (tertiary/aromatic N) is 2. The number of amides is 2. The molecule has 5 heteroatoms. The topological polar surface area (TPSA) is 62.3 Å². The first kappa shape index (κ1) is 20.3. The molecule has 2 fully saturated rings. The zero-order valence-electron chi connectivity index (χ0n) is 17.3. The van der Waals surface area contributed by atoms with Crippen molar-refractivity contribution in [3.8, 4) is 11.1 Å². The summed E-state index contributed by atoms with van der Waals surface area (Å²) < 4.78 is 0. The minimum atomic E-state index is -0.612. The van der Waals surface area contributed by atoms with Gasteiger partial charge in [0, 0.05) is 37.9 Å². The van der Waals surface area contributed by atoms with Crippen LogP contribution in [0.2, 0.25) is 0 Å². The minimum Gasteiger partial charge on any atom is -0.352 e. The average Bonchev–Trinajstić information content (AvgIpc) is 3.63. The first-order valence-electron chi connectivity index (χ1n) is 10.8. The summed E-state index contributed by atoms with van der Waals surface area (Å²) in [5.74, 6) is 0.410. The molecule has 1 atom stereocenters. The molecular formula is C25H29N3O2. The van der Waals surface area contributed by atoms with Crippen LogP contribution in [-0.4, -0.2) is 41.3 Å². The largest absolute Gasteiger partial charge is 0.352 e. The van der Waals surface area contributed by atoms with Crippen molar-refractivity contribution in [1.82, 2.24) is 15.2 Å². The first-order chi connectivity index (χ1) is 14.6. The maximum absolute atomic E-state index is 13.3. The van der Waals surface area contributed by atoms with Crippen molar-refractivity contribution in [2.75, 3.05) is 19.6 Å². The van der Waals surface area contributed by atoms with Gasteiger partial charge in [0.1, 0.15) is 0 Å². The fraction of sp³-hybridized carbons (Fsp3) is 0.400. The van der Waals surface area contributed by atoms with Crippen LogP contribution in [0.5, 0.6) is 0 Å². The van der Waals surface area contributed by atoms with Gasteiger partial charge in [-0.2, -0.15) is 0 Å². The fourth-order valence-electron chi connectivity index (χ4n) is 4.46. The Morgan fingerprint density at radius 1 is 1.23 bits per heavy atom. The molecule has 2 aliphatic rings. The van der Waals surface area contributed by atoms with Crippen LogP contribution < -0.4 is 5.32 Å². The van der Waals surface area contributed by atoms with Gasteiger partial charge in [-0.15, -0.1) is 6.58 Å². The van der Waals surface area contributed by atoms with Gasteiger partial charge in [0.05, 0.1) is 5.41 Å². The van der Waals surface area contributed by atoms with Crippen LogP contribution in [0, 0.1) is 11.3 Å². The monoisotopic (exact) mass is 403 g/mol. The summed E-state index contributed by atoms with van der Waals surface area (Å²) in [6.45, 7) is 5.40. The van der Waals surface area contributed by atoms with E-state index in [2.05, 4.69) is 35.1 Å². The number of rotatable bonds is 7. The van der Waals surface area contributed by atoms with Crippen molar-refractivity contribution in [1.29, 1.82) is 0 Å². The number of hydrogen-bond donors (Lipinski definition) is 1. The molecule has 1 aromatic carbocycles. The molecule has 2 amide bonds. The molecule has 1 saturated heterocycles. The van der Waals surface area contributed by atoms with Gasteiger partial charge in [-0.05, 0) is 54.9 Å². The predicted octanol–water partition coefficient (Wildman–Crippen LogP) is 3.61. The van der Waals surface area contributed by atoms with Gasteiger partial charge in [0.25, 0.3) is 0 Å². The predicted molar refractivity (Wildman–Crippen MR) is 118 cm³/mol. The summed E-state index contributed by atoms with van der Waals surface area (Å²) in [6, 6.07) is 12.3. The van der Waals surface area contributed by atoms with Crippen molar-refractivity contribution in [3.05, 3.63) is 67.0 Å². The van der Waals surface area contributed by atoms with Gasteiger partial charge in [-0.25, -0.2) is 0 Å². The van der Waals surface area contributed by atoms with E-state index in [4.69, 9.17) is 0 Å². The zero-order valence-corrected chi connectivity index (χ0v) is 17.3. The highest BCUT2D eigenvalue weighted by atomic mass is 16.2. The van der Waals surface area contributed by atoms with Crippen molar-refractivity contribution in [2.45, 2.75) is 32.1 Å². The maximum Gasteiger partial charge on any atom is 0.228 e. The molecule has 1 aromatic heterocycles. The SMILES string of the molecule is C=CCNC(=O)C1(Cc2cccc(-c3cccnc3)c2)CCCN(C(=O)C2CC2)C1. The van der Waals surface area contributed by atoms with Crippen LogP contribution in [0.4, 0.5) is 0 Å². The van der Waals surface area contributed by atoms with Crippen LogP contribution in [0.3, 0.4) is 0 Å². The highest BCUT2D eigenvalue weighted by Crippen LogP contribution is 2.38. The lowest BCUT2D eigenvalue weighted by Gasteiger charge is -2.42. The second kappa shape index (κ2) is 8.82. The van der Waals surface area contributed by atoms with E-state index in [1.807, 2.05) is 29.3 Å². The van der Waals surface area contributed by atoms with Gasteiger partial charge in [-0.1, -0.05) is 36.4 Å². The molecule has 5 nitrogen and oxygen atoms in total. The molecule has 1 saturated carbocycles. The number of nitrogens with one attached hydrogen (secondary N) is 1. The van der Waals surface area contributed by atoms with Crippen LogP contribution >= 0.6 is 0 Å². The number of carbonyl (C=O) groups excluding carboxylic acids is 2. The van der Waals surface area contributed by atoms with E-state index < -0.39 is 5.41 Å². The van der Waals surface area contributed by atoms with E-state index in [0.29, 0.717) is 19.5 Å². The highest BCUT2D eigenvalue weighted by molar-refractivity contribution is 5.86. The van der Waals surface area contributed by atoms with E-state index in [0.717, 1.165) is 48.9 Å². The Bertz CT molecular complexity index is 923. The Balaban J connectivity index is 1.61. The van der Waals surface area contributed by atoms with Gasteiger partial charge in [0.15, 0.2) is 0 Å². The van der Waals surface area contributed by atoms with Crippen molar-refractivity contribution in [3.63, 3.8) is 0 Å². The van der Waals surface area contributed by atoms with Crippen molar-refractivity contribution >= 4 is 11.8 Å². The zero-order chi connectivity index (χ0) is 21.0. The summed E-state index contributed by atoms with van der Waals surface area (Å²) in [5.41, 5.74) is 2.63. The summed E-state index contributed by atoms with van der Waals surface area (Å²) in [7, 11) is 0. The van der Waals surface area contributed by atoms with Gasteiger partial charge < -0.3 is 10.2 Å². The molecule has 1 aliphatic heterocycles. The number of hydrogen-bond acceptors (Lipinski definition) is 3. The van der Waals surface area contributed by atoms with Gasteiger partial charge >= 0.3 is 0 Å². The molecule has 0 bridgehead atoms. The summed E-state index contributed by atoms with van der Waals surface area (Å²) in [5, 5.41) is 3.01. The quantitative estimate of drug-likeness (QED) is 0.719. The second-order valence-corrected chi connectivity index (χ2v) is 8.54. The molecular weight excluding hydrogens is 374 g/mol.